The van der Waals surface area contributed by atoms with Crippen LogP contribution >= 0.6 is 23.1 Å². The second kappa shape index (κ2) is 9.73. The number of amides is 1. The third-order valence-corrected chi connectivity index (χ3v) is 6.69. The number of thioether (sulfide) groups is 1. The average molecular weight is 435 g/mol. The lowest BCUT2D eigenvalue weighted by Gasteiger charge is -2.18. The number of carbonyl (C=O) groups is 1. The minimum absolute atomic E-state index is 0.0325. The SMILES string of the molecule is Cn1c(Cc2ccccc2)nnc1SCC(=O)N[C@H](c1ccccc1)c1cccs1. The fourth-order valence-electron chi connectivity index (χ4n) is 3.16. The zero-order valence-electron chi connectivity index (χ0n) is 16.6. The smallest absolute Gasteiger partial charge is 0.231 e. The van der Waals surface area contributed by atoms with Gasteiger partial charge in [-0.25, -0.2) is 0 Å². The minimum Gasteiger partial charge on any atom is -0.344 e. The summed E-state index contributed by atoms with van der Waals surface area (Å²) in [6.45, 7) is 0. The number of hydrogen-bond donors (Lipinski definition) is 1. The summed E-state index contributed by atoms with van der Waals surface area (Å²) in [6.07, 6.45) is 0.714. The van der Waals surface area contributed by atoms with E-state index in [9.17, 15) is 4.79 Å². The van der Waals surface area contributed by atoms with Gasteiger partial charge in [0.2, 0.25) is 5.91 Å². The van der Waals surface area contributed by atoms with Crippen molar-refractivity contribution in [1.82, 2.24) is 20.1 Å². The van der Waals surface area contributed by atoms with Gasteiger partial charge in [0.15, 0.2) is 5.16 Å². The predicted molar refractivity (Wildman–Crippen MR) is 122 cm³/mol. The first-order valence-corrected chi connectivity index (χ1v) is 11.5. The molecule has 0 radical (unpaired) electrons. The Morgan fingerprint density at radius 2 is 1.77 bits per heavy atom. The lowest BCUT2D eigenvalue weighted by atomic mass is 10.1. The molecule has 1 atom stereocenters. The molecular formula is C23H22N4OS2. The molecule has 0 aliphatic carbocycles. The van der Waals surface area contributed by atoms with Crippen molar-refractivity contribution in [2.75, 3.05) is 5.75 Å². The fraction of sp³-hybridized carbons (Fsp3) is 0.174. The highest BCUT2D eigenvalue weighted by atomic mass is 32.2. The van der Waals surface area contributed by atoms with Crippen molar-refractivity contribution in [3.8, 4) is 0 Å². The Bertz CT molecular complexity index is 1080. The zero-order chi connectivity index (χ0) is 20.8. The van der Waals surface area contributed by atoms with Crippen molar-refractivity contribution in [3.05, 3.63) is 100 Å². The second-order valence-corrected chi connectivity index (χ2v) is 8.76. The molecule has 0 fully saturated rings. The van der Waals surface area contributed by atoms with Gasteiger partial charge in [-0.3, -0.25) is 4.79 Å². The number of carbonyl (C=O) groups excluding carboxylic acids is 1. The van der Waals surface area contributed by atoms with Crippen molar-refractivity contribution in [3.63, 3.8) is 0 Å². The van der Waals surface area contributed by atoms with Crippen LogP contribution in [0.15, 0.2) is 83.3 Å². The van der Waals surface area contributed by atoms with Crippen LogP contribution in [0.4, 0.5) is 0 Å². The van der Waals surface area contributed by atoms with Gasteiger partial charge in [-0.1, -0.05) is 78.5 Å². The molecule has 0 saturated heterocycles. The van der Waals surface area contributed by atoms with Gasteiger partial charge in [0.05, 0.1) is 11.8 Å². The van der Waals surface area contributed by atoms with Crippen LogP contribution in [0, 0.1) is 0 Å². The molecule has 1 N–H and O–H groups in total. The standard InChI is InChI=1S/C23H22N4OS2/c1-27-20(15-17-9-4-2-5-10-17)25-26-23(27)30-16-21(28)24-22(19-13-8-14-29-19)18-11-6-3-7-12-18/h2-14,22H,15-16H2,1H3,(H,24,28)/t22-/m1/s1. The Morgan fingerprint density at radius 1 is 1.03 bits per heavy atom. The molecule has 2 aromatic heterocycles. The summed E-state index contributed by atoms with van der Waals surface area (Å²) in [6, 6.07) is 24.1. The van der Waals surface area contributed by atoms with Crippen LogP contribution in [-0.2, 0) is 18.3 Å². The van der Waals surface area contributed by atoms with Crippen molar-refractivity contribution in [2.24, 2.45) is 7.05 Å². The molecule has 0 bridgehead atoms. The normalized spacial score (nSPS) is 11.9. The quantitative estimate of drug-likeness (QED) is 0.416. The Labute approximate surface area is 184 Å². The summed E-state index contributed by atoms with van der Waals surface area (Å²) in [4.78, 5) is 13.8. The molecule has 7 heteroatoms. The Kier molecular flexibility index (Phi) is 6.61. The zero-order valence-corrected chi connectivity index (χ0v) is 18.2. The Morgan fingerprint density at radius 3 is 2.47 bits per heavy atom. The van der Waals surface area contributed by atoms with E-state index in [-0.39, 0.29) is 17.7 Å². The Hall–Kier alpha value is -2.90. The van der Waals surface area contributed by atoms with Crippen molar-refractivity contribution in [2.45, 2.75) is 17.6 Å². The maximum absolute atomic E-state index is 12.7. The van der Waals surface area contributed by atoms with Crippen LogP contribution in [0.3, 0.4) is 0 Å². The van der Waals surface area contributed by atoms with Crippen LogP contribution in [0.2, 0.25) is 0 Å². The fourth-order valence-corrected chi connectivity index (χ4v) is 4.70. The van der Waals surface area contributed by atoms with Gasteiger partial charge < -0.3 is 9.88 Å². The monoisotopic (exact) mass is 434 g/mol. The molecule has 152 valence electrons. The molecule has 2 aromatic carbocycles. The number of benzene rings is 2. The molecule has 0 spiro atoms. The van der Waals surface area contributed by atoms with Gasteiger partial charge in [0.25, 0.3) is 0 Å². The lowest BCUT2D eigenvalue weighted by molar-refractivity contribution is -0.119. The van der Waals surface area contributed by atoms with E-state index in [0.717, 1.165) is 21.4 Å². The number of rotatable bonds is 8. The third-order valence-electron chi connectivity index (χ3n) is 4.73. The van der Waals surface area contributed by atoms with Gasteiger partial charge in [-0.15, -0.1) is 21.5 Å². The number of nitrogens with one attached hydrogen (secondary N) is 1. The van der Waals surface area contributed by atoms with Gasteiger partial charge in [-0.05, 0) is 22.6 Å². The molecule has 4 rings (SSSR count). The maximum Gasteiger partial charge on any atom is 0.231 e. The topological polar surface area (TPSA) is 59.8 Å². The summed E-state index contributed by atoms with van der Waals surface area (Å²) in [5.74, 6) is 1.13. The van der Waals surface area contributed by atoms with Crippen LogP contribution < -0.4 is 5.32 Å². The van der Waals surface area contributed by atoms with E-state index in [2.05, 4.69) is 27.6 Å². The third kappa shape index (κ3) is 4.98. The van der Waals surface area contributed by atoms with Crippen molar-refractivity contribution >= 4 is 29.0 Å². The molecule has 0 aliphatic rings. The summed E-state index contributed by atoms with van der Waals surface area (Å²) >= 11 is 3.04. The largest absolute Gasteiger partial charge is 0.344 e. The molecule has 1 amide bonds. The molecule has 0 unspecified atom stereocenters. The molecule has 30 heavy (non-hydrogen) atoms. The first-order valence-electron chi connectivity index (χ1n) is 9.63. The number of nitrogens with zero attached hydrogens (tertiary/aromatic N) is 3. The van der Waals surface area contributed by atoms with E-state index >= 15 is 0 Å². The van der Waals surface area contributed by atoms with Gasteiger partial charge in [0.1, 0.15) is 5.82 Å². The molecule has 0 aliphatic heterocycles. The average Bonchev–Trinajstić information content (AvgIpc) is 3.43. The van der Waals surface area contributed by atoms with Crippen LogP contribution in [0.25, 0.3) is 0 Å². The van der Waals surface area contributed by atoms with Crippen LogP contribution in [0.5, 0.6) is 0 Å². The van der Waals surface area contributed by atoms with E-state index in [0.29, 0.717) is 6.42 Å². The second-order valence-electron chi connectivity index (χ2n) is 6.84. The minimum atomic E-state index is -0.146. The molecular weight excluding hydrogens is 412 g/mol. The Balaban J connectivity index is 1.39. The van der Waals surface area contributed by atoms with E-state index in [1.807, 2.05) is 77.7 Å². The van der Waals surface area contributed by atoms with Gasteiger partial charge >= 0.3 is 0 Å². The van der Waals surface area contributed by atoms with E-state index in [1.165, 1.54) is 17.3 Å². The number of hydrogen-bond acceptors (Lipinski definition) is 5. The summed E-state index contributed by atoms with van der Waals surface area (Å²) < 4.78 is 1.96. The highest BCUT2D eigenvalue weighted by molar-refractivity contribution is 7.99. The highest BCUT2D eigenvalue weighted by Gasteiger charge is 2.19. The molecule has 4 aromatic rings. The lowest BCUT2D eigenvalue weighted by Crippen LogP contribution is -2.30. The first kappa shape index (κ1) is 20.4. The molecule has 2 heterocycles. The summed E-state index contributed by atoms with van der Waals surface area (Å²) in [5.41, 5.74) is 2.26. The van der Waals surface area contributed by atoms with Crippen molar-refractivity contribution < 1.29 is 4.79 Å². The predicted octanol–water partition coefficient (Wildman–Crippen LogP) is 4.47. The van der Waals surface area contributed by atoms with Crippen molar-refractivity contribution in [1.29, 1.82) is 0 Å². The van der Waals surface area contributed by atoms with Gasteiger partial charge in [0, 0.05) is 18.3 Å². The number of thiophene rings is 1. The van der Waals surface area contributed by atoms with E-state index in [1.54, 1.807) is 11.3 Å². The van der Waals surface area contributed by atoms with Crippen LogP contribution in [-0.4, -0.2) is 26.4 Å². The van der Waals surface area contributed by atoms with E-state index in [4.69, 9.17) is 0 Å². The van der Waals surface area contributed by atoms with Crippen LogP contribution in [0.1, 0.15) is 27.9 Å². The first-order chi connectivity index (χ1) is 14.7. The van der Waals surface area contributed by atoms with Gasteiger partial charge in [-0.2, -0.15) is 0 Å². The number of aromatic nitrogens is 3. The van der Waals surface area contributed by atoms with E-state index < -0.39 is 0 Å². The molecule has 5 nitrogen and oxygen atoms in total. The highest BCUT2D eigenvalue weighted by Crippen LogP contribution is 2.26. The maximum atomic E-state index is 12.7. The molecule has 0 saturated carbocycles. The summed E-state index contributed by atoms with van der Waals surface area (Å²) in [7, 11) is 1.94. The summed E-state index contributed by atoms with van der Waals surface area (Å²) in [5, 5.41) is 14.5.